The van der Waals surface area contributed by atoms with E-state index in [1.807, 2.05) is 0 Å². The van der Waals surface area contributed by atoms with Crippen LogP contribution in [0.15, 0.2) is 28.7 Å². The van der Waals surface area contributed by atoms with Gasteiger partial charge in [0.05, 0.1) is 11.3 Å². The molecule has 2 aromatic rings. The van der Waals surface area contributed by atoms with Gasteiger partial charge in [-0.3, -0.25) is 4.90 Å². The standard InChI is InChI=1S/C17H20F3N3O/c1-11-9-23(7-6-21-11)10-15-12(2)24-16(22-15)13-4-3-5-14(8-13)17(18,19)20/h3-5,8,11,21H,6-7,9-10H2,1-2H3/t11-/m0/s1. The van der Waals surface area contributed by atoms with Crippen molar-refractivity contribution in [2.45, 2.75) is 32.6 Å². The van der Waals surface area contributed by atoms with E-state index in [9.17, 15) is 13.2 Å². The SMILES string of the molecule is Cc1oc(-c2cccc(C(F)(F)F)c2)nc1CN1CCN[C@@H](C)C1. The lowest BCUT2D eigenvalue weighted by Crippen LogP contribution is -2.48. The molecule has 1 N–H and O–H groups in total. The monoisotopic (exact) mass is 339 g/mol. The van der Waals surface area contributed by atoms with Crippen molar-refractivity contribution in [3.63, 3.8) is 0 Å². The van der Waals surface area contributed by atoms with E-state index in [4.69, 9.17) is 4.42 Å². The van der Waals surface area contributed by atoms with Gasteiger partial charge in [-0.2, -0.15) is 13.2 Å². The average molecular weight is 339 g/mol. The van der Waals surface area contributed by atoms with Crippen molar-refractivity contribution in [1.29, 1.82) is 0 Å². The van der Waals surface area contributed by atoms with Gasteiger partial charge in [-0.05, 0) is 32.0 Å². The second-order valence-electron chi connectivity index (χ2n) is 6.19. The molecule has 3 rings (SSSR count). The number of benzene rings is 1. The molecule has 0 unspecified atom stereocenters. The Hall–Kier alpha value is -1.86. The summed E-state index contributed by atoms with van der Waals surface area (Å²) in [6, 6.07) is 5.48. The number of hydrogen-bond donors (Lipinski definition) is 1. The van der Waals surface area contributed by atoms with E-state index >= 15 is 0 Å². The molecule has 4 nitrogen and oxygen atoms in total. The molecule has 1 aromatic heterocycles. The van der Waals surface area contributed by atoms with Crippen molar-refractivity contribution < 1.29 is 17.6 Å². The van der Waals surface area contributed by atoms with Crippen LogP contribution in [0.1, 0.15) is 23.9 Å². The summed E-state index contributed by atoms with van der Waals surface area (Å²) in [6.07, 6.45) is -4.38. The molecule has 24 heavy (non-hydrogen) atoms. The number of nitrogens with zero attached hydrogens (tertiary/aromatic N) is 2. The highest BCUT2D eigenvalue weighted by Gasteiger charge is 2.31. The Morgan fingerprint density at radius 1 is 1.38 bits per heavy atom. The number of nitrogens with one attached hydrogen (secondary N) is 1. The lowest BCUT2D eigenvalue weighted by atomic mass is 10.1. The van der Waals surface area contributed by atoms with Gasteiger partial charge in [-0.15, -0.1) is 0 Å². The van der Waals surface area contributed by atoms with Gasteiger partial charge in [0.2, 0.25) is 5.89 Å². The Bertz CT molecular complexity index is 711. The first kappa shape index (κ1) is 17.0. The fourth-order valence-electron chi connectivity index (χ4n) is 2.89. The Balaban J connectivity index is 1.81. The molecule has 0 bridgehead atoms. The van der Waals surface area contributed by atoms with Gasteiger partial charge in [0.1, 0.15) is 5.76 Å². The molecule has 1 saturated heterocycles. The average Bonchev–Trinajstić information content (AvgIpc) is 2.88. The van der Waals surface area contributed by atoms with Crippen LogP contribution in [0.3, 0.4) is 0 Å². The highest BCUT2D eigenvalue weighted by Crippen LogP contribution is 2.32. The van der Waals surface area contributed by atoms with Crippen molar-refractivity contribution >= 4 is 0 Å². The lowest BCUT2D eigenvalue weighted by molar-refractivity contribution is -0.137. The summed E-state index contributed by atoms with van der Waals surface area (Å²) in [5, 5.41) is 3.37. The third kappa shape index (κ3) is 3.79. The molecule has 0 saturated carbocycles. The highest BCUT2D eigenvalue weighted by molar-refractivity contribution is 5.55. The Kier molecular flexibility index (Phi) is 4.64. The van der Waals surface area contributed by atoms with E-state index in [1.165, 1.54) is 6.07 Å². The van der Waals surface area contributed by atoms with Crippen LogP contribution in [0.5, 0.6) is 0 Å². The van der Waals surface area contributed by atoms with Crippen molar-refractivity contribution in [2.75, 3.05) is 19.6 Å². The fourth-order valence-corrected chi connectivity index (χ4v) is 2.89. The van der Waals surface area contributed by atoms with E-state index in [1.54, 1.807) is 13.0 Å². The van der Waals surface area contributed by atoms with Crippen LogP contribution in [0.2, 0.25) is 0 Å². The normalized spacial score (nSPS) is 19.6. The van der Waals surface area contributed by atoms with Gasteiger partial charge in [0.25, 0.3) is 0 Å². The highest BCUT2D eigenvalue weighted by atomic mass is 19.4. The minimum Gasteiger partial charge on any atom is -0.441 e. The molecule has 1 atom stereocenters. The molecule has 1 aliphatic rings. The van der Waals surface area contributed by atoms with Crippen molar-refractivity contribution in [2.24, 2.45) is 0 Å². The molecule has 1 aromatic carbocycles. The van der Waals surface area contributed by atoms with Crippen molar-refractivity contribution in [1.82, 2.24) is 15.2 Å². The quantitative estimate of drug-likeness (QED) is 0.930. The van der Waals surface area contributed by atoms with Crippen molar-refractivity contribution in [3.05, 3.63) is 41.3 Å². The lowest BCUT2D eigenvalue weighted by Gasteiger charge is -2.31. The van der Waals surface area contributed by atoms with Gasteiger partial charge in [-0.1, -0.05) is 6.07 Å². The van der Waals surface area contributed by atoms with Crippen LogP contribution in [0, 0.1) is 6.92 Å². The van der Waals surface area contributed by atoms with Crippen LogP contribution in [0.4, 0.5) is 13.2 Å². The van der Waals surface area contributed by atoms with Crippen LogP contribution in [-0.2, 0) is 12.7 Å². The minimum atomic E-state index is -4.38. The van der Waals surface area contributed by atoms with E-state index in [0.29, 0.717) is 23.9 Å². The summed E-state index contributed by atoms with van der Waals surface area (Å²) >= 11 is 0. The maximum Gasteiger partial charge on any atom is 0.416 e. The van der Waals surface area contributed by atoms with Crippen LogP contribution >= 0.6 is 0 Å². The van der Waals surface area contributed by atoms with E-state index < -0.39 is 11.7 Å². The molecular weight excluding hydrogens is 319 g/mol. The summed E-state index contributed by atoms with van der Waals surface area (Å²) in [5.74, 6) is 0.880. The second kappa shape index (κ2) is 6.57. The number of aromatic nitrogens is 1. The van der Waals surface area contributed by atoms with E-state index in [2.05, 4.69) is 22.1 Å². The fraction of sp³-hybridized carbons (Fsp3) is 0.471. The van der Waals surface area contributed by atoms with Gasteiger partial charge < -0.3 is 9.73 Å². The van der Waals surface area contributed by atoms with Gasteiger partial charge in [-0.25, -0.2) is 4.98 Å². The Labute approximate surface area is 138 Å². The maximum absolute atomic E-state index is 12.9. The van der Waals surface area contributed by atoms with E-state index in [0.717, 1.165) is 37.5 Å². The van der Waals surface area contributed by atoms with Gasteiger partial charge in [0.15, 0.2) is 0 Å². The largest absolute Gasteiger partial charge is 0.441 e. The summed E-state index contributed by atoms with van der Waals surface area (Å²) < 4.78 is 44.2. The zero-order valence-corrected chi connectivity index (χ0v) is 13.7. The van der Waals surface area contributed by atoms with Crippen LogP contribution < -0.4 is 5.32 Å². The number of piperazine rings is 1. The predicted octanol–water partition coefficient (Wildman–Crippen LogP) is 3.46. The minimum absolute atomic E-state index is 0.233. The molecule has 2 heterocycles. The Morgan fingerprint density at radius 3 is 2.88 bits per heavy atom. The van der Waals surface area contributed by atoms with Crippen LogP contribution in [-0.4, -0.2) is 35.6 Å². The maximum atomic E-state index is 12.9. The first-order chi connectivity index (χ1) is 11.3. The Morgan fingerprint density at radius 2 is 2.17 bits per heavy atom. The molecule has 0 radical (unpaired) electrons. The molecule has 0 aliphatic carbocycles. The smallest absolute Gasteiger partial charge is 0.416 e. The van der Waals surface area contributed by atoms with E-state index in [-0.39, 0.29) is 5.89 Å². The number of aryl methyl sites for hydroxylation is 1. The summed E-state index contributed by atoms with van der Waals surface area (Å²) in [6.45, 7) is 7.29. The predicted molar refractivity (Wildman–Crippen MR) is 84.4 cm³/mol. The summed E-state index contributed by atoms with van der Waals surface area (Å²) in [5.41, 5.74) is 0.415. The van der Waals surface area contributed by atoms with Crippen LogP contribution in [0.25, 0.3) is 11.5 Å². The zero-order valence-electron chi connectivity index (χ0n) is 13.7. The zero-order chi connectivity index (χ0) is 17.3. The third-order valence-electron chi connectivity index (χ3n) is 4.16. The molecule has 7 heteroatoms. The molecular formula is C17H20F3N3O. The third-order valence-corrected chi connectivity index (χ3v) is 4.16. The second-order valence-corrected chi connectivity index (χ2v) is 6.19. The molecule has 1 fully saturated rings. The number of oxazole rings is 1. The number of hydrogen-bond acceptors (Lipinski definition) is 4. The van der Waals surface area contributed by atoms with Crippen molar-refractivity contribution in [3.8, 4) is 11.5 Å². The molecule has 0 amide bonds. The van der Waals surface area contributed by atoms with Gasteiger partial charge >= 0.3 is 6.18 Å². The summed E-state index contributed by atoms with van der Waals surface area (Å²) in [4.78, 5) is 6.69. The first-order valence-corrected chi connectivity index (χ1v) is 7.92. The number of alkyl halides is 3. The molecule has 1 aliphatic heterocycles. The number of halogens is 3. The first-order valence-electron chi connectivity index (χ1n) is 7.92. The summed E-state index contributed by atoms with van der Waals surface area (Å²) in [7, 11) is 0. The number of rotatable bonds is 3. The van der Waals surface area contributed by atoms with Gasteiger partial charge in [0, 0.05) is 37.8 Å². The molecule has 0 spiro atoms. The molecule has 130 valence electrons. The topological polar surface area (TPSA) is 41.3 Å².